The topological polar surface area (TPSA) is 71.4 Å². The number of nitrogens with zero attached hydrogens (tertiary/aromatic N) is 2. The molecule has 0 aliphatic carbocycles. The minimum Gasteiger partial charge on any atom is -0.465 e. The molecule has 1 aliphatic heterocycles. The molecule has 0 aromatic heterocycles. The molecule has 0 unspecified atom stereocenters. The Kier molecular flexibility index (Phi) is 6.11. The number of likely N-dealkylation sites (tertiary alicyclic amines) is 1. The maximum Gasteiger partial charge on any atom is 0.573 e. The van der Waals surface area contributed by atoms with Crippen LogP contribution in [0.1, 0.15) is 25.3 Å². The van der Waals surface area contributed by atoms with Gasteiger partial charge in [0.2, 0.25) is 0 Å². The molecule has 1 heterocycles. The first-order chi connectivity index (χ1) is 11.7. The second kappa shape index (κ2) is 8.09. The Balaban J connectivity index is 1.80. The van der Waals surface area contributed by atoms with Gasteiger partial charge in [-0.05, 0) is 55.5 Å². The number of carbonyl (C=O) groups is 1. The fourth-order valence-electron chi connectivity index (χ4n) is 2.48. The molecule has 1 aliphatic rings. The summed E-state index contributed by atoms with van der Waals surface area (Å²) in [7, 11) is 0. The summed E-state index contributed by atoms with van der Waals surface area (Å²) in [4.78, 5) is 17.5. The molecule has 0 radical (unpaired) electrons. The molecule has 1 N–H and O–H groups in total. The lowest BCUT2D eigenvalue weighted by atomic mass is 9.98. The highest BCUT2D eigenvalue weighted by Gasteiger charge is 2.31. The number of hydrogen-bond donors (Lipinski definition) is 1. The maximum atomic E-state index is 12.1. The van der Waals surface area contributed by atoms with Crippen molar-refractivity contribution in [2.75, 3.05) is 19.7 Å². The Hall–Kier alpha value is -2.45. The number of rotatable bonds is 5. The van der Waals surface area contributed by atoms with Crippen LogP contribution >= 0.6 is 0 Å². The largest absolute Gasteiger partial charge is 0.573 e. The predicted molar refractivity (Wildman–Crippen MR) is 83.6 cm³/mol. The summed E-state index contributed by atoms with van der Waals surface area (Å²) in [5.41, 5.74) is 1.15. The molecule has 0 bridgehead atoms. The van der Waals surface area contributed by atoms with Crippen molar-refractivity contribution in [3.8, 4) is 5.75 Å². The van der Waals surface area contributed by atoms with Gasteiger partial charge in [0.05, 0.1) is 5.71 Å². The van der Waals surface area contributed by atoms with Gasteiger partial charge >= 0.3 is 12.5 Å². The van der Waals surface area contributed by atoms with Crippen molar-refractivity contribution in [1.29, 1.82) is 0 Å². The zero-order valence-electron chi connectivity index (χ0n) is 13.6. The monoisotopic (exact) mass is 360 g/mol. The predicted octanol–water partition coefficient (Wildman–Crippen LogP) is 3.72. The van der Waals surface area contributed by atoms with Crippen LogP contribution in [0.4, 0.5) is 18.0 Å². The maximum absolute atomic E-state index is 12.1. The molecule has 25 heavy (non-hydrogen) atoms. The summed E-state index contributed by atoms with van der Waals surface area (Å²) in [6.07, 6.45) is -4.20. The number of halogens is 3. The number of oxime groups is 1. The van der Waals surface area contributed by atoms with Crippen molar-refractivity contribution >= 4 is 11.8 Å². The van der Waals surface area contributed by atoms with Crippen LogP contribution in [0.2, 0.25) is 0 Å². The fourth-order valence-corrected chi connectivity index (χ4v) is 2.48. The van der Waals surface area contributed by atoms with Crippen LogP contribution in [0.5, 0.6) is 5.75 Å². The lowest BCUT2D eigenvalue weighted by Gasteiger charge is -2.29. The van der Waals surface area contributed by atoms with Crippen molar-refractivity contribution in [3.05, 3.63) is 29.8 Å². The van der Waals surface area contributed by atoms with Crippen LogP contribution in [0, 0.1) is 5.92 Å². The minimum atomic E-state index is -4.72. The zero-order valence-corrected chi connectivity index (χ0v) is 13.6. The van der Waals surface area contributed by atoms with E-state index < -0.39 is 12.5 Å². The quantitative estimate of drug-likeness (QED) is 0.642. The summed E-state index contributed by atoms with van der Waals surface area (Å²) in [5.74, 6) is -0.0649. The Morgan fingerprint density at radius 3 is 2.40 bits per heavy atom. The SMILES string of the molecule is C/C(=N/OCC1CCN(C(=O)O)CC1)c1ccc(OC(F)(F)F)cc1. The molecular weight excluding hydrogens is 341 g/mol. The van der Waals surface area contributed by atoms with Gasteiger partial charge in [0, 0.05) is 13.1 Å². The number of ether oxygens (including phenoxy) is 1. The summed E-state index contributed by atoms with van der Waals surface area (Å²) in [6, 6.07) is 5.36. The molecule has 0 atom stereocenters. The lowest BCUT2D eigenvalue weighted by molar-refractivity contribution is -0.274. The van der Waals surface area contributed by atoms with Crippen molar-refractivity contribution < 1.29 is 32.6 Å². The molecule has 2 rings (SSSR count). The number of alkyl halides is 3. The van der Waals surface area contributed by atoms with Crippen LogP contribution in [0.3, 0.4) is 0 Å². The van der Waals surface area contributed by atoms with E-state index in [0.717, 1.165) is 0 Å². The van der Waals surface area contributed by atoms with E-state index in [2.05, 4.69) is 9.89 Å². The van der Waals surface area contributed by atoms with Gasteiger partial charge in [0.1, 0.15) is 12.4 Å². The molecule has 0 spiro atoms. The van der Waals surface area contributed by atoms with Gasteiger partial charge in [-0.3, -0.25) is 0 Å². The molecule has 1 aromatic rings. The van der Waals surface area contributed by atoms with Crippen LogP contribution in [0.15, 0.2) is 29.4 Å². The highest BCUT2D eigenvalue weighted by Crippen LogP contribution is 2.23. The summed E-state index contributed by atoms with van der Waals surface area (Å²) >= 11 is 0. The highest BCUT2D eigenvalue weighted by molar-refractivity contribution is 5.98. The van der Waals surface area contributed by atoms with E-state index in [9.17, 15) is 18.0 Å². The second-order valence-electron chi connectivity index (χ2n) is 5.76. The van der Waals surface area contributed by atoms with Crippen LogP contribution in [0.25, 0.3) is 0 Å². The lowest BCUT2D eigenvalue weighted by Crippen LogP contribution is -2.38. The van der Waals surface area contributed by atoms with E-state index in [-0.39, 0.29) is 11.7 Å². The van der Waals surface area contributed by atoms with Gasteiger partial charge in [-0.2, -0.15) is 0 Å². The summed E-state index contributed by atoms with van der Waals surface area (Å²) in [5, 5.41) is 12.9. The minimum absolute atomic E-state index is 0.231. The average molecular weight is 360 g/mol. The Morgan fingerprint density at radius 1 is 1.28 bits per heavy atom. The van der Waals surface area contributed by atoms with E-state index in [1.54, 1.807) is 6.92 Å². The normalized spacial score (nSPS) is 16.6. The van der Waals surface area contributed by atoms with E-state index in [0.29, 0.717) is 43.8 Å². The first-order valence-corrected chi connectivity index (χ1v) is 7.75. The van der Waals surface area contributed by atoms with Gasteiger partial charge in [0.15, 0.2) is 0 Å². The Bertz CT molecular complexity index is 609. The summed E-state index contributed by atoms with van der Waals surface area (Å²) < 4.78 is 40.1. The molecular formula is C16H19F3N2O4. The highest BCUT2D eigenvalue weighted by atomic mass is 19.4. The number of carboxylic acid groups (broad SMARTS) is 1. The molecule has 1 aromatic carbocycles. The molecule has 6 nitrogen and oxygen atoms in total. The molecule has 1 fully saturated rings. The smallest absolute Gasteiger partial charge is 0.465 e. The number of benzene rings is 1. The van der Waals surface area contributed by atoms with Crippen molar-refractivity contribution in [1.82, 2.24) is 4.90 Å². The second-order valence-corrected chi connectivity index (χ2v) is 5.76. The van der Waals surface area contributed by atoms with Gasteiger partial charge in [-0.15, -0.1) is 13.2 Å². The van der Waals surface area contributed by atoms with Crippen molar-refractivity contribution in [2.24, 2.45) is 11.1 Å². The first kappa shape index (κ1) is 18.9. The van der Waals surface area contributed by atoms with Crippen LogP contribution < -0.4 is 4.74 Å². The van der Waals surface area contributed by atoms with Crippen molar-refractivity contribution in [3.63, 3.8) is 0 Å². The van der Waals surface area contributed by atoms with Crippen LogP contribution in [-0.4, -0.2) is 47.9 Å². The Morgan fingerprint density at radius 2 is 1.88 bits per heavy atom. The van der Waals surface area contributed by atoms with Crippen molar-refractivity contribution in [2.45, 2.75) is 26.1 Å². The number of piperidine rings is 1. The molecule has 138 valence electrons. The van der Waals surface area contributed by atoms with E-state index in [1.165, 1.54) is 29.2 Å². The van der Waals surface area contributed by atoms with E-state index in [1.807, 2.05) is 0 Å². The van der Waals surface area contributed by atoms with E-state index >= 15 is 0 Å². The number of amides is 1. The summed E-state index contributed by atoms with van der Waals surface area (Å²) in [6.45, 7) is 3.02. The third-order valence-electron chi connectivity index (χ3n) is 3.90. The zero-order chi connectivity index (χ0) is 18.4. The molecule has 1 saturated heterocycles. The third kappa shape index (κ3) is 6.17. The Labute approximate surface area is 142 Å². The van der Waals surface area contributed by atoms with Crippen LogP contribution in [-0.2, 0) is 4.84 Å². The van der Waals surface area contributed by atoms with Gasteiger partial charge in [0.25, 0.3) is 0 Å². The van der Waals surface area contributed by atoms with E-state index in [4.69, 9.17) is 9.94 Å². The first-order valence-electron chi connectivity index (χ1n) is 7.75. The van der Waals surface area contributed by atoms with Gasteiger partial charge in [-0.1, -0.05) is 5.16 Å². The molecule has 9 heteroatoms. The van der Waals surface area contributed by atoms with Gasteiger partial charge in [-0.25, -0.2) is 4.79 Å². The average Bonchev–Trinajstić information content (AvgIpc) is 2.54. The van der Waals surface area contributed by atoms with Gasteiger partial charge < -0.3 is 19.6 Å². The number of hydrogen-bond acceptors (Lipinski definition) is 4. The molecule has 0 saturated carbocycles. The third-order valence-corrected chi connectivity index (χ3v) is 3.90. The standard InChI is InChI=1S/C16H19F3N2O4/c1-11(13-2-4-14(5-3-13)25-16(17,18)19)20-24-10-12-6-8-21(9-7-12)15(22)23/h2-5,12H,6-10H2,1H3,(H,22,23)/b20-11-. The molecule has 1 amide bonds. The fraction of sp³-hybridized carbons (Fsp3) is 0.500.